The van der Waals surface area contributed by atoms with E-state index < -0.39 is 0 Å². The van der Waals surface area contributed by atoms with Crippen molar-refractivity contribution in [3.63, 3.8) is 0 Å². The highest BCUT2D eigenvalue weighted by Gasteiger charge is 2.01. The van der Waals surface area contributed by atoms with E-state index in [4.69, 9.17) is 10.00 Å². The number of halogens is 1. The monoisotopic (exact) mass is 303 g/mol. The second kappa shape index (κ2) is 5.52. The molecular weight excluding hydrogens is 294 g/mol. The van der Waals surface area contributed by atoms with Crippen molar-refractivity contribution >= 4 is 27.3 Å². The Morgan fingerprint density at radius 3 is 2.61 bits per heavy atom. The maximum absolute atomic E-state index is 8.83. The first-order valence-electron chi connectivity index (χ1n) is 5.19. The van der Waals surface area contributed by atoms with Crippen LogP contribution in [0.4, 0.5) is 11.4 Å². The molecule has 1 heterocycles. The van der Waals surface area contributed by atoms with Crippen LogP contribution in [0.5, 0.6) is 5.88 Å². The maximum atomic E-state index is 8.83. The van der Waals surface area contributed by atoms with Crippen molar-refractivity contribution < 1.29 is 4.74 Å². The number of nitrogens with one attached hydrogen (secondary N) is 1. The first-order chi connectivity index (χ1) is 8.72. The van der Waals surface area contributed by atoms with Crippen LogP contribution in [-0.4, -0.2) is 12.1 Å². The van der Waals surface area contributed by atoms with Gasteiger partial charge in [-0.3, -0.25) is 0 Å². The number of hydrogen-bond acceptors (Lipinski definition) is 4. The molecule has 0 atom stereocenters. The topological polar surface area (TPSA) is 57.9 Å². The van der Waals surface area contributed by atoms with Gasteiger partial charge in [0.2, 0.25) is 5.88 Å². The zero-order chi connectivity index (χ0) is 13.0. The lowest BCUT2D eigenvalue weighted by Gasteiger charge is -2.07. The van der Waals surface area contributed by atoms with Gasteiger partial charge >= 0.3 is 0 Å². The molecule has 0 fully saturated rings. The van der Waals surface area contributed by atoms with Crippen molar-refractivity contribution in [1.82, 2.24) is 4.98 Å². The predicted octanol–water partition coefficient (Wildman–Crippen LogP) is 3.47. The molecule has 0 aliphatic heterocycles. The van der Waals surface area contributed by atoms with Crippen molar-refractivity contribution in [1.29, 1.82) is 5.26 Å². The van der Waals surface area contributed by atoms with Gasteiger partial charge in [0.05, 0.1) is 24.6 Å². The van der Waals surface area contributed by atoms with Crippen LogP contribution in [0.3, 0.4) is 0 Å². The third-order valence-corrected chi connectivity index (χ3v) is 2.98. The second-order valence-electron chi connectivity index (χ2n) is 3.52. The molecule has 1 N–H and O–H groups in total. The third kappa shape index (κ3) is 2.79. The fourth-order valence-electron chi connectivity index (χ4n) is 1.43. The van der Waals surface area contributed by atoms with E-state index in [1.807, 2.05) is 18.2 Å². The minimum atomic E-state index is 0.571. The number of anilines is 2. The second-order valence-corrected chi connectivity index (χ2v) is 4.38. The first-order valence-corrected chi connectivity index (χ1v) is 5.99. The Morgan fingerprint density at radius 1 is 1.28 bits per heavy atom. The van der Waals surface area contributed by atoms with E-state index in [9.17, 15) is 0 Å². The molecular formula is C13H10BrN3O. The summed E-state index contributed by atoms with van der Waals surface area (Å²) in [4.78, 5) is 4.10. The summed E-state index contributed by atoms with van der Waals surface area (Å²) >= 11 is 3.35. The molecule has 0 aliphatic carbocycles. The molecule has 90 valence electrons. The first kappa shape index (κ1) is 12.4. The fourth-order valence-corrected chi connectivity index (χ4v) is 1.89. The van der Waals surface area contributed by atoms with E-state index in [-0.39, 0.29) is 0 Å². The number of nitrogens with zero attached hydrogens (tertiary/aromatic N) is 2. The van der Waals surface area contributed by atoms with Gasteiger partial charge in [0.1, 0.15) is 6.07 Å². The minimum absolute atomic E-state index is 0.571. The lowest BCUT2D eigenvalue weighted by atomic mass is 10.2. The normalized spacial score (nSPS) is 9.61. The van der Waals surface area contributed by atoms with Gasteiger partial charge in [-0.2, -0.15) is 5.26 Å². The molecule has 1 aromatic carbocycles. The quantitative estimate of drug-likeness (QED) is 0.943. The molecule has 0 saturated heterocycles. The van der Waals surface area contributed by atoms with Crippen LogP contribution in [0.25, 0.3) is 0 Å². The molecule has 0 radical (unpaired) electrons. The molecule has 0 aliphatic rings. The van der Waals surface area contributed by atoms with E-state index in [2.05, 4.69) is 32.3 Å². The number of pyridine rings is 1. The van der Waals surface area contributed by atoms with E-state index in [0.29, 0.717) is 11.4 Å². The lowest BCUT2D eigenvalue weighted by Crippen LogP contribution is -1.93. The summed E-state index contributed by atoms with van der Waals surface area (Å²) in [7, 11) is 1.58. The molecule has 18 heavy (non-hydrogen) atoms. The number of hydrogen-bond donors (Lipinski definition) is 1. The number of rotatable bonds is 3. The van der Waals surface area contributed by atoms with Crippen molar-refractivity contribution in [2.75, 3.05) is 12.4 Å². The molecule has 2 rings (SSSR count). The number of benzene rings is 1. The summed E-state index contributed by atoms with van der Waals surface area (Å²) in [6, 6.07) is 11.2. The highest BCUT2D eigenvalue weighted by atomic mass is 79.9. The molecule has 0 bridgehead atoms. The van der Waals surface area contributed by atoms with Gasteiger partial charge in [-0.25, -0.2) is 4.98 Å². The Labute approximate surface area is 113 Å². The Hall–Kier alpha value is -2.06. The van der Waals surface area contributed by atoms with Gasteiger partial charge in [-0.05, 0) is 40.2 Å². The van der Waals surface area contributed by atoms with Crippen LogP contribution in [0.15, 0.2) is 41.0 Å². The minimum Gasteiger partial charge on any atom is -0.481 e. The standard InChI is InChI=1S/C13H10BrN3O/c1-18-13-5-4-11(8-16-13)17-10-3-2-9(7-15)12(14)6-10/h2-6,8,17H,1H3. The Bertz CT molecular complexity index is 590. The van der Waals surface area contributed by atoms with E-state index in [0.717, 1.165) is 15.8 Å². The SMILES string of the molecule is COc1ccc(Nc2ccc(C#N)c(Br)c2)cn1. The highest BCUT2D eigenvalue weighted by molar-refractivity contribution is 9.10. The van der Waals surface area contributed by atoms with Gasteiger partial charge in [-0.15, -0.1) is 0 Å². The zero-order valence-electron chi connectivity index (χ0n) is 9.64. The average Bonchev–Trinajstić information content (AvgIpc) is 2.40. The van der Waals surface area contributed by atoms with Crippen molar-refractivity contribution in [2.45, 2.75) is 0 Å². The Kier molecular flexibility index (Phi) is 3.80. The summed E-state index contributed by atoms with van der Waals surface area (Å²) in [6.45, 7) is 0. The summed E-state index contributed by atoms with van der Waals surface area (Å²) in [5, 5.41) is 12.0. The third-order valence-electron chi connectivity index (χ3n) is 2.32. The summed E-state index contributed by atoms with van der Waals surface area (Å²) in [5.41, 5.74) is 2.34. The molecule has 0 amide bonds. The van der Waals surface area contributed by atoms with E-state index in [1.54, 1.807) is 25.4 Å². The Balaban J connectivity index is 2.18. The van der Waals surface area contributed by atoms with E-state index in [1.165, 1.54) is 0 Å². The van der Waals surface area contributed by atoms with Gasteiger partial charge in [0.15, 0.2) is 0 Å². The van der Waals surface area contributed by atoms with Crippen LogP contribution in [0.2, 0.25) is 0 Å². The molecule has 5 heteroatoms. The summed E-state index contributed by atoms with van der Waals surface area (Å²) in [5.74, 6) is 0.571. The van der Waals surface area contributed by atoms with Crippen molar-refractivity contribution in [3.05, 3.63) is 46.6 Å². The fraction of sp³-hybridized carbons (Fsp3) is 0.0769. The summed E-state index contributed by atoms with van der Waals surface area (Å²) in [6.07, 6.45) is 1.69. The number of nitriles is 1. The number of methoxy groups -OCH3 is 1. The van der Waals surface area contributed by atoms with Crippen LogP contribution >= 0.6 is 15.9 Å². The van der Waals surface area contributed by atoms with Gasteiger partial charge in [0, 0.05) is 16.2 Å². The Morgan fingerprint density at radius 2 is 2.06 bits per heavy atom. The molecule has 0 spiro atoms. The molecule has 0 unspecified atom stereocenters. The smallest absolute Gasteiger partial charge is 0.213 e. The highest BCUT2D eigenvalue weighted by Crippen LogP contribution is 2.23. The van der Waals surface area contributed by atoms with Gasteiger partial charge in [0.25, 0.3) is 0 Å². The maximum Gasteiger partial charge on any atom is 0.213 e. The van der Waals surface area contributed by atoms with Crippen LogP contribution in [0, 0.1) is 11.3 Å². The van der Waals surface area contributed by atoms with Crippen molar-refractivity contribution in [2.24, 2.45) is 0 Å². The summed E-state index contributed by atoms with van der Waals surface area (Å²) < 4.78 is 5.75. The molecule has 0 saturated carbocycles. The largest absolute Gasteiger partial charge is 0.481 e. The molecule has 2 aromatic rings. The van der Waals surface area contributed by atoms with Crippen LogP contribution in [0.1, 0.15) is 5.56 Å². The predicted molar refractivity (Wildman–Crippen MR) is 72.9 cm³/mol. The van der Waals surface area contributed by atoms with E-state index >= 15 is 0 Å². The number of ether oxygens (including phenoxy) is 1. The molecule has 1 aromatic heterocycles. The number of aromatic nitrogens is 1. The van der Waals surface area contributed by atoms with Crippen molar-refractivity contribution in [3.8, 4) is 11.9 Å². The zero-order valence-corrected chi connectivity index (χ0v) is 11.2. The van der Waals surface area contributed by atoms with Gasteiger partial charge < -0.3 is 10.1 Å². The van der Waals surface area contributed by atoms with Gasteiger partial charge in [-0.1, -0.05) is 0 Å². The van der Waals surface area contributed by atoms with Crippen LogP contribution in [-0.2, 0) is 0 Å². The lowest BCUT2D eigenvalue weighted by molar-refractivity contribution is 0.398. The van der Waals surface area contributed by atoms with Crippen LogP contribution < -0.4 is 10.1 Å². The molecule has 4 nitrogen and oxygen atoms in total. The average molecular weight is 304 g/mol.